The molecule has 17 heavy (non-hydrogen) atoms. The van der Waals surface area contributed by atoms with Crippen LogP contribution in [0.4, 0.5) is 11.4 Å². The molecule has 0 bridgehead atoms. The minimum absolute atomic E-state index is 0.263. The van der Waals surface area contributed by atoms with Crippen LogP contribution in [-0.2, 0) is 0 Å². The van der Waals surface area contributed by atoms with Crippen LogP contribution in [0.3, 0.4) is 0 Å². The van der Waals surface area contributed by atoms with Crippen LogP contribution in [0, 0.1) is 0 Å². The molecule has 0 saturated heterocycles. The predicted octanol–water partition coefficient (Wildman–Crippen LogP) is 1.12. The third kappa shape index (κ3) is 2.41. The van der Waals surface area contributed by atoms with Gasteiger partial charge in [0.15, 0.2) is 5.69 Å². The van der Waals surface area contributed by atoms with E-state index in [1.165, 1.54) is 6.20 Å². The molecule has 0 aliphatic heterocycles. The van der Waals surface area contributed by atoms with Crippen molar-refractivity contribution in [3.63, 3.8) is 0 Å². The molecule has 88 valence electrons. The van der Waals surface area contributed by atoms with Crippen LogP contribution < -0.4 is 10.2 Å². The molecule has 2 aromatic rings. The number of hydrogen-bond acceptors (Lipinski definition) is 4. The zero-order chi connectivity index (χ0) is 12.3. The summed E-state index contributed by atoms with van der Waals surface area (Å²) in [4.78, 5) is 13.7. The molecule has 0 aliphatic carbocycles. The number of carbonyl (C=O) groups is 1. The molecule has 0 aliphatic rings. The lowest BCUT2D eigenvalue weighted by molar-refractivity contribution is 0.102. The van der Waals surface area contributed by atoms with Gasteiger partial charge in [0.2, 0.25) is 0 Å². The highest BCUT2D eigenvalue weighted by molar-refractivity contribution is 6.04. The number of hydrogen-bond donors (Lipinski definition) is 2. The number of amides is 1. The van der Waals surface area contributed by atoms with Crippen LogP contribution in [0.2, 0.25) is 0 Å². The largest absolute Gasteiger partial charge is 0.376 e. The molecule has 1 aromatic carbocycles. The Balaban J connectivity index is 2.22. The van der Waals surface area contributed by atoms with E-state index in [0.29, 0.717) is 0 Å². The number of benzene rings is 1. The van der Waals surface area contributed by atoms with E-state index in [1.807, 2.05) is 43.3 Å². The lowest BCUT2D eigenvalue weighted by atomic mass is 10.2. The summed E-state index contributed by atoms with van der Waals surface area (Å²) in [5.74, 6) is -0.284. The predicted molar refractivity (Wildman–Crippen MR) is 65.1 cm³/mol. The summed E-state index contributed by atoms with van der Waals surface area (Å²) in [5, 5.41) is 12.5. The van der Waals surface area contributed by atoms with Gasteiger partial charge >= 0.3 is 0 Å². The average molecular weight is 231 g/mol. The summed E-state index contributed by atoms with van der Waals surface area (Å²) >= 11 is 0. The third-order valence-electron chi connectivity index (χ3n) is 2.28. The molecular weight excluding hydrogens is 218 g/mol. The Hall–Kier alpha value is -2.37. The first kappa shape index (κ1) is 11.1. The van der Waals surface area contributed by atoms with E-state index in [1.54, 1.807) is 0 Å². The van der Waals surface area contributed by atoms with Gasteiger partial charge in [-0.2, -0.15) is 15.4 Å². The fourth-order valence-corrected chi connectivity index (χ4v) is 1.47. The van der Waals surface area contributed by atoms with Crippen LogP contribution in [0.1, 0.15) is 10.5 Å². The molecule has 6 nitrogen and oxygen atoms in total. The maximum absolute atomic E-state index is 11.8. The van der Waals surface area contributed by atoms with E-state index < -0.39 is 0 Å². The summed E-state index contributed by atoms with van der Waals surface area (Å²) in [6, 6.07) is 7.55. The second-order valence-corrected chi connectivity index (χ2v) is 3.72. The normalized spacial score (nSPS) is 10.0. The van der Waals surface area contributed by atoms with E-state index in [2.05, 4.69) is 20.7 Å². The molecule has 0 saturated carbocycles. The van der Waals surface area contributed by atoms with Gasteiger partial charge in [-0.25, -0.2) is 0 Å². The van der Waals surface area contributed by atoms with Gasteiger partial charge < -0.3 is 10.2 Å². The maximum atomic E-state index is 11.8. The number of anilines is 2. The molecule has 6 heteroatoms. The zero-order valence-electron chi connectivity index (χ0n) is 9.64. The number of nitrogens with zero attached hydrogens (tertiary/aromatic N) is 3. The van der Waals surface area contributed by atoms with Gasteiger partial charge in [-0.15, -0.1) is 0 Å². The van der Waals surface area contributed by atoms with Crippen molar-refractivity contribution in [1.29, 1.82) is 0 Å². The highest BCUT2D eigenvalue weighted by atomic mass is 16.2. The smallest absolute Gasteiger partial charge is 0.277 e. The second-order valence-electron chi connectivity index (χ2n) is 3.72. The molecule has 2 N–H and O–H groups in total. The lowest BCUT2D eigenvalue weighted by Crippen LogP contribution is -2.16. The number of aromatic amines is 1. The van der Waals surface area contributed by atoms with Crippen molar-refractivity contribution in [3.8, 4) is 0 Å². The van der Waals surface area contributed by atoms with Gasteiger partial charge in [0.25, 0.3) is 5.91 Å². The van der Waals surface area contributed by atoms with Crippen molar-refractivity contribution in [1.82, 2.24) is 15.4 Å². The first-order valence-electron chi connectivity index (χ1n) is 5.12. The average Bonchev–Trinajstić information content (AvgIpc) is 2.83. The summed E-state index contributed by atoms with van der Waals surface area (Å²) in [6.45, 7) is 0. The van der Waals surface area contributed by atoms with Gasteiger partial charge in [0.05, 0.1) is 17.6 Å². The molecule has 1 heterocycles. The number of rotatable bonds is 3. The Morgan fingerprint density at radius 2 is 2.12 bits per heavy atom. The molecule has 0 radical (unpaired) electrons. The minimum atomic E-state index is -0.284. The van der Waals surface area contributed by atoms with Crippen molar-refractivity contribution in [2.75, 3.05) is 24.3 Å². The fourth-order valence-electron chi connectivity index (χ4n) is 1.47. The number of para-hydroxylation sites is 2. The highest BCUT2D eigenvalue weighted by Crippen LogP contribution is 2.23. The van der Waals surface area contributed by atoms with Gasteiger partial charge in [0.1, 0.15) is 0 Å². The molecular formula is C11H13N5O. The van der Waals surface area contributed by atoms with E-state index in [-0.39, 0.29) is 11.6 Å². The Bertz CT molecular complexity index is 506. The Morgan fingerprint density at radius 3 is 2.76 bits per heavy atom. The second kappa shape index (κ2) is 4.65. The molecule has 1 aromatic heterocycles. The van der Waals surface area contributed by atoms with Gasteiger partial charge in [-0.1, -0.05) is 12.1 Å². The SMILES string of the molecule is CN(C)c1ccccc1NC(=O)c1cn[nH]n1. The van der Waals surface area contributed by atoms with Crippen LogP contribution in [0.25, 0.3) is 0 Å². The lowest BCUT2D eigenvalue weighted by Gasteiger charge is -2.17. The molecule has 1 amide bonds. The monoisotopic (exact) mass is 231 g/mol. The first-order valence-corrected chi connectivity index (χ1v) is 5.12. The van der Waals surface area contributed by atoms with Crippen LogP contribution in [0.5, 0.6) is 0 Å². The maximum Gasteiger partial charge on any atom is 0.277 e. The van der Waals surface area contributed by atoms with E-state index in [0.717, 1.165) is 11.4 Å². The molecule has 2 rings (SSSR count). The number of H-pyrrole nitrogens is 1. The molecule has 0 spiro atoms. The third-order valence-corrected chi connectivity index (χ3v) is 2.28. The van der Waals surface area contributed by atoms with E-state index >= 15 is 0 Å². The van der Waals surface area contributed by atoms with Crippen molar-refractivity contribution >= 4 is 17.3 Å². The Labute approximate surface area is 98.6 Å². The number of aromatic nitrogens is 3. The first-order chi connectivity index (χ1) is 8.18. The van der Waals surface area contributed by atoms with Crippen LogP contribution in [-0.4, -0.2) is 35.4 Å². The molecule has 0 unspecified atom stereocenters. The van der Waals surface area contributed by atoms with Crippen LogP contribution >= 0.6 is 0 Å². The summed E-state index contributed by atoms with van der Waals surface area (Å²) < 4.78 is 0. The quantitative estimate of drug-likeness (QED) is 0.830. The zero-order valence-corrected chi connectivity index (χ0v) is 9.64. The van der Waals surface area contributed by atoms with E-state index in [9.17, 15) is 4.79 Å². The standard InChI is InChI=1S/C11H13N5O/c1-16(2)10-6-4-3-5-8(10)13-11(17)9-7-12-15-14-9/h3-7H,1-2H3,(H,13,17)(H,12,14,15). The van der Waals surface area contributed by atoms with Crippen molar-refractivity contribution in [2.24, 2.45) is 0 Å². The topological polar surface area (TPSA) is 73.9 Å². The van der Waals surface area contributed by atoms with Crippen molar-refractivity contribution in [2.45, 2.75) is 0 Å². The van der Waals surface area contributed by atoms with Crippen LogP contribution in [0.15, 0.2) is 30.5 Å². The number of carbonyl (C=O) groups excluding carboxylic acids is 1. The summed E-state index contributed by atoms with van der Waals surface area (Å²) in [5.41, 5.74) is 1.94. The van der Waals surface area contributed by atoms with E-state index in [4.69, 9.17) is 0 Å². The van der Waals surface area contributed by atoms with Gasteiger partial charge in [-0.05, 0) is 12.1 Å². The summed E-state index contributed by atoms with van der Waals surface area (Å²) in [7, 11) is 3.84. The number of nitrogens with one attached hydrogen (secondary N) is 2. The molecule has 0 atom stereocenters. The Kier molecular flexibility index (Phi) is 3.04. The van der Waals surface area contributed by atoms with Gasteiger partial charge in [0, 0.05) is 14.1 Å². The van der Waals surface area contributed by atoms with Gasteiger partial charge in [-0.3, -0.25) is 4.79 Å². The Morgan fingerprint density at radius 1 is 1.35 bits per heavy atom. The summed E-state index contributed by atoms with van der Waals surface area (Å²) in [6.07, 6.45) is 1.38. The fraction of sp³-hybridized carbons (Fsp3) is 0.182. The minimum Gasteiger partial charge on any atom is -0.376 e. The van der Waals surface area contributed by atoms with Crippen molar-refractivity contribution < 1.29 is 4.79 Å². The highest BCUT2D eigenvalue weighted by Gasteiger charge is 2.11. The van der Waals surface area contributed by atoms with Crippen molar-refractivity contribution in [3.05, 3.63) is 36.2 Å². The molecule has 0 fully saturated rings.